The van der Waals surface area contributed by atoms with Gasteiger partial charge in [-0.25, -0.2) is 4.79 Å². The Morgan fingerprint density at radius 1 is 1.05 bits per heavy atom. The highest BCUT2D eigenvalue weighted by Gasteiger charge is 2.14. The molecule has 0 aliphatic carbocycles. The van der Waals surface area contributed by atoms with E-state index in [1.165, 1.54) is 0 Å². The zero-order chi connectivity index (χ0) is 13.7. The van der Waals surface area contributed by atoms with Gasteiger partial charge in [0.05, 0.1) is 5.56 Å². The summed E-state index contributed by atoms with van der Waals surface area (Å²) in [6, 6.07) is 14.2. The summed E-state index contributed by atoms with van der Waals surface area (Å²) in [7, 11) is 0. The second-order valence-electron chi connectivity index (χ2n) is 3.86. The van der Waals surface area contributed by atoms with Gasteiger partial charge in [0.25, 0.3) is 0 Å². The van der Waals surface area contributed by atoms with Crippen molar-refractivity contribution in [2.75, 3.05) is 6.61 Å². The lowest BCUT2D eigenvalue weighted by Gasteiger charge is -2.09. The molecule has 0 aromatic heterocycles. The number of benzene rings is 2. The highest BCUT2D eigenvalue weighted by molar-refractivity contribution is 5.97. The molecule has 94 valence electrons. The van der Waals surface area contributed by atoms with E-state index in [9.17, 15) is 9.90 Å². The van der Waals surface area contributed by atoms with E-state index in [0.29, 0.717) is 11.1 Å². The zero-order valence-electron chi connectivity index (χ0n) is 10.1. The molecule has 0 aliphatic rings. The van der Waals surface area contributed by atoms with Crippen LogP contribution in [0.5, 0.6) is 0 Å². The summed E-state index contributed by atoms with van der Waals surface area (Å²) in [5.74, 6) is 4.35. The van der Waals surface area contributed by atoms with Gasteiger partial charge in [0.15, 0.2) is 0 Å². The maximum Gasteiger partial charge on any atom is 0.336 e. The number of hydrogen-bond donors (Lipinski definition) is 2. The van der Waals surface area contributed by atoms with Crippen LogP contribution in [-0.2, 0) is 0 Å². The highest BCUT2D eigenvalue weighted by Crippen LogP contribution is 2.27. The molecule has 3 heteroatoms. The van der Waals surface area contributed by atoms with E-state index in [4.69, 9.17) is 5.11 Å². The highest BCUT2D eigenvalue weighted by atomic mass is 16.4. The Morgan fingerprint density at radius 3 is 2.42 bits per heavy atom. The van der Waals surface area contributed by atoms with Crippen molar-refractivity contribution < 1.29 is 15.0 Å². The Labute approximate surface area is 111 Å². The van der Waals surface area contributed by atoms with Crippen molar-refractivity contribution in [2.45, 2.75) is 0 Å². The van der Waals surface area contributed by atoms with Gasteiger partial charge in [-0.1, -0.05) is 48.2 Å². The Bertz CT molecular complexity index is 649. The standard InChI is InChI=1S/C16H12O3/c17-11-5-9-13-8-4-10-14(16(18)19)15(13)12-6-2-1-3-7-12/h1-4,6-8,10,17H,11H2,(H,18,19). The van der Waals surface area contributed by atoms with Gasteiger partial charge >= 0.3 is 5.97 Å². The van der Waals surface area contributed by atoms with E-state index in [0.717, 1.165) is 5.56 Å². The van der Waals surface area contributed by atoms with E-state index in [1.54, 1.807) is 18.2 Å². The predicted molar refractivity (Wildman–Crippen MR) is 72.8 cm³/mol. The SMILES string of the molecule is O=C(O)c1cccc(C#CCO)c1-c1ccccc1. The summed E-state index contributed by atoms with van der Waals surface area (Å²) in [6.45, 7) is -0.258. The average molecular weight is 252 g/mol. The van der Waals surface area contributed by atoms with Crippen LogP contribution < -0.4 is 0 Å². The van der Waals surface area contributed by atoms with Crippen LogP contribution in [0, 0.1) is 11.8 Å². The molecule has 0 bridgehead atoms. The number of aliphatic hydroxyl groups excluding tert-OH is 1. The number of carboxylic acid groups (broad SMARTS) is 1. The van der Waals surface area contributed by atoms with Crippen molar-refractivity contribution in [1.29, 1.82) is 0 Å². The van der Waals surface area contributed by atoms with Crippen LogP contribution in [0.25, 0.3) is 11.1 Å². The van der Waals surface area contributed by atoms with Gasteiger partial charge in [-0.15, -0.1) is 0 Å². The van der Waals surface area contributed by atoms with Crippen LogP contribution in [-0.4, -0.2) is 22.8 Å². The van der Waals surface area contributed by atoms with Gasteiger partial charge in [-0.05, 0) is 17.7 Å². The van der Waals surface area contributed by atoms with Crippen LogP contribution in [0.2, 0.25) is 0 Å². The maximum absolute atomic E-state index is 11.3. The maximum atomic E-state index is 11.3. The zero-order valence-corrected chi connectivity index (χ0v) is 10.1. The molecular weight excluding hydrogens is 240 g/mol. The monoisotopic (exact) mass is 252 g/mol. The number of hydrogen-bond acceptors (Lipinski definition) is 2. The molecule has 2 aromatic carbocycles. The Kier molecular flexibility index (Phi) is 3.97. The van der Waals surface area contributed by atoms with Crippen molar-refractivity contribution in [3.05, 3.63) is 59.7 Å². The largest absolute Gasteiger partial charge is 0.478 e. The lowest BCUT2D eigenvalue weighted by Crippen LogP contribution is -2.01. The number of rotatable bonds is 2. The molecule has 0 amide bonds. The summed E-state index contributed by atoms with van der Waals surface area (Å²) in [5, 5.41) is 18.1. The van der Waals surface area contributed by atoms with Crippen LogP contribution in [0.3, 0.4) is 0 Å². The first-order valence-electron chi connectivity index (χ1n) is 5.75. The minimum Gasteiger partial charge on any atom is -0.478 e. The van der Waals surface area contributed by atoms with Crippen LogP contribution in [0.1, 0.15) is 15.9 Å². The number of aromatic carboxylic acids is 1. The van der Waals surface area contributed by atoms with Gasteiger partial charge < -0.3 is 10.2 Å². The van der Waals surface area contributed by atoms with Crippen molar-refractivity contribution in [3.63, 3.8) is 0 Å². The Balaban J connectivity index is 2.70. The van der Waals surface area contributed by atoms with E-state index < -0.39 is 5.97 Å². The quantitative estimate of drug-likeness (QED) is 0.807. The van der Waals surface area contributed by atoms with E-state index in [2.05, 4.69) is 11.8 Å². The molecule has 0 saturated heterocycles. The minimum absolute atomic E-state index is 0.205. The summed E-state index contributed by atoms with van der Waals surface area (Å²) in [6.07, 6.45) is 0. The second-order valence-corrected chi connectivity index (χ2v) is 3.86. The third-order valence-corrected chi connectivity index (χ3v) is 2.66. The van der Waals surface area contributed by atoms with E-state index in [1.807, 2.05) is 30.3 Å². The minimum atomic E-state index is -0.994. The third-order valence-electron chi connectivity index (χ3n) is 2.66. The van der Waals surface area contributed by atoms with Crippen molar-refractivity contribution in [3.8, 4) is 23.0 Å². The fraction of sp³-hybridized carbons (Fsp3) is 0.0625. The summed E-state index contributed by atoms with van der Waals surface area (Å²) in [5.41, 5.74) is 2.18. The molecule has 0 saturated carbocycles. The Hall–Kier alpha value is -2.57. The van der Waals surface area contributed by atoms with Gasteiger partial charge in [-0.3, -0.25) is 0 Å². The molecule has 19 heavy (non-hydrogen) atoms. The van der Waals surface area contributed by atoms with E-state index in [-0.39, 0.29) is 12.2 Å². The lowest BCUT2D eigenvalue weighted by atomic mass is 9.94. The first-order chi connectivity index (χ1) is 9.24. The Morgan fingerprint density at radius 2 is 1.79 bits per heavy atom. The number of carboxylic acids is 1. The molecule has 3 nitrogen and oxygen atoms in total. The van der Waals surface area contributed by atoms with E-state index >= 15 is 0 Å². The van der Waals surface area contributed by atoms with Gasteiger partial charge in [-0.2, -0.15) is 0 Å². The van der Waals surface area contributed by atoms with Gasteiger partial charge in [0.1, 0.15) is 6.61 Å². The second kappa shape index (κ2) is 5.85. The average Bonchev–Trinajstić information content (AvgIpc) is 2.45. The lowest BCUT2D eigenvalue weighted by molar-refractivity contribution is 0.0697. The predicted octanol–water partition coefficient (Wildman–Crippen LogP) is 2.40. The molecule has 2 aromatic rings. The molecule has 0 unspecified atom stereocenters. The molecule has 0 heterocycles. The van der Waals surface area contributed by atoms with Gasteiger partial charge in [0.2, 0.25) is 0 Å². The summed E-state index contributed by atoms with van der Waals surface area (Å²) in [4.78, 5) is 11.3. The smallest absolute Gasteiger partial charge is 0.336 e. The van der Waals surface area contributed by atoms with Crippen molar-refractivity contribution in [1.82, 2.24) is 0 Å². The molecule has 2 rings (SSSR count). The number of aliphatic hydroxyl groups is 1. The normalized spacial score (nSPS) is 9.53. The van der Waals surface area contributed by atoms with Crippen molar-refractivity contribution in [2.24, 2.45) is 0 Å². The molecule has 0 spiro atoms. The van der Waals surface area contributed by atoms with Crippen LogP contribution in [0.4, 0.5) is 0 Å². The van der Waals surface area contributed by atoms with Crippen LogP contribution >= 0.6 is 0 Å². The molecule has 0 radical (unpaired) electrons. The fourth-order valence-corrected chi connectivity index (χ4v) is 1.89. The van der Waals surface area contributed by atoms with Gasteiger partial charge in [0, 0.05) is 11.1 Å². The topological polar surface area (TPSA) is 57.5 Å². The molecular formula is C16H12O3. The summed E-state index contributed by atoms with van der Waals surface area (Å²) < 4.78 is 0. The van der Waals surface area contributed by atoms with Crippen LogP contribution in [0.15, 0.2) is 48.5 Å². The first-order valence-corrected chi connectivity index (χ1v) is 5.75. The first kappa shape index (κ1) is 12.9. The van der Waals surface area contributed by atoms with Crippen molar-refractivity contribution >= 4 is 5.97 Å². The molecule has 0 fully saturated rings. The molecule has 0 aliphatic heterocycles. The third kappa shape index (κ3) is 2.82. The summed E-state index contributed by atoms with van der Waals surface area (Å²) >= 11 is 0. The molecule has 0 atom stereocenters. The fourth-order valence-electron chi connectivity index (χ4n) is 1.89. The molecule has 2 N–H and O–H groups in total. The number of carbonyl (C=O) groups is 1.